The van der Waals surface area contributed by atoms with Gasteiger partial charge in [0.25, 0.3) is 11.8 Å². The number of carbonyl (C=O) groups excluding carboxylic acids is 2. The summed E-state index contributed by atoms with van der Waals surface area (Å²) in [4.78, 5) is 35.3. The van der Waals surface area contributed by atoms with Crippen molar-refractivity contribution in [3.8, 4) is 0 Å². The second kappa shape index (κ2) is 17.5. The van der Waals surface area contributed by atoms with Crippen LogP contribution in [0.2, 0.25) is 0 Å². The third kappa shape index (κ3) is 8.88. The van der Waals surface area contributed by atoms with Crippen LogP contribution in [0.25, 0.3) is 16.6 Å². The molecule has 2 amide bonds. The summed E-state index contributed by atoms with van der Waals surface area (Å²) in [5, 5.41) is 19.1. The monoisotopic (exact) mass is 762 g/mol. The lowest BCUT2D eigenvalue weighted by atomic mass is 9.75. The number of fused-ring (bicyclic) bond motifs is 1. The highest BCUT2D eigenvalue weighted by Crippen LogP contribution is 2.40. The average Bonchev–Trinajstić information content (AvgIpc) is 3.63. The zero-order valence-corrected chi connectivity index (χ0v) is 33.1. The molecule has 296 valence electrons. The minimum absolute atomic E-state index is 0.236. The number of nitrogens with one attached hydrogen (secondary N) is 4. The maximum Gasteiger partial charge on any atom is 0.251 e. The number of aromatic nitrogens is 3. The number of amides is 2. The Bertz CT molecular complexity index is 2110. The van der Waals surface area contributed by atoms with Gasteiger partial charge in [0, 0.05) is 98.9 Å². The number of allylic oxidation sites excluding steroid dienone is 3. The van der Waals surface area contributed by atoms with Crippen molar-refractivity contribution in [2.75, 3.05) is 51.3 Å². The number of aryl methyl sites for hydroxylation is 3. The van der Waals surface area contributed by atoms with Crippen molar-refractivity contribution in [3.05, 3.63) is 106 Å². The lowest BCUT2D eigenvalue weighted by molar-refractivity contribution is 0.0904. The van der Waals surface area contributed by atoms with Crippen LogP contribution in [0, 0.1) is 12.3 Å². The van der Waals surface area contributed by atoms with Gasteiger partial charge < -0.3 is 26.0 Å². The summed E-state index contributed by atoms with van der Waals surface area (Å²) in [7, 11) is 0. The highest BCUT2D eigenvalue weighted by Gasteiger charge is 2.36. The third-order valence-corrected chi connectivity index (χ3v) is 11.3. The summed E-state index contributed by atoms with van der Waals surface area (Å²) in [5.41, 5.74) is 6.17. The van der Waals surface area contributed by atoms with Gasteiger partial charge in [0.2, 0.25) is 0 Å². The Morgan fingerprint density at radius 2 is 1.80 bits per heavy atom. The first kappa shape index (κ1) is 39.3. The van der Waals surface area contributed by atoms with Crippen LogP contribution in [0.15, 0.2) is 72.7 Å². The minimum atomic E-state index is -0.534. The van der Waals surface area contributed by atoms with Gasteiger partial charge in [0.05, 0.1) is 17.3 Å². The lowest BCUT2D eigenvalue weighted by Crippen LogP contribution is -2.54. The summed E-state index contributed by atoms with van der Waals surface area (Å²) in [6.45, 7) is 14.1. The van der Waals surface area contributed by atoms with E-state index in [2.05, 4.69) is 52.0 Å². The quantitative estimate of drug-likeness (QED) is 0.127. The number of hydrogen-bond acceptors (Lipinski definition) is 8. The first-order chi connectivity index (χ1) is 27.1. The largest absolute Gasteiger partial charge is 0.381 e. The Hall–Kier alpha value is -4.91. The van der Waals surface area contributed by atoms with E-state index < -0.39 is 5.41 Å². The van der Waals surface area contributed by atoms with E-state index in [0.717, 1.165) is 71.6 Å². The number of carbonyl (C=O) groups is 2. The van der Waals surface area contributed by atoms with Crippen molar-refractivity contribution in [3.63, 3.8) is 0 Å². The Morgan fingerprint density at radius 3 is 2.52 bits per heavy atom. The van der Waals surface area contributed by atoms with Crippen LogP contribution in [0.5, 0.6) is 0 Å². The summed E-state index contributed by atoms with van der Waals surface area (Å²) < 4.78 is 22.9. The van der Waals surface area contributed by atoms with Crippen molar-refractivity contribution in [1.82, 2.24) is 35.6 Å². The molecule has 0 radical (unpaired) electrons. The van der Waals surface area contributed by atoms with E-state index in [1.165, 1.54) is 0 Å². The van der Waals surface area contributed by atoms with E-state index in [-0.39, 0.29) is 30.2 Å². The molecule has 1 aliphatic carbocycles. The second-order valence-corrected chi connectivity index (χ2v) is 15.6. The van der Waals surface area contributed by atoms with Crippen LogP contribution in [-0.4, -0.2) is 89.5 Å². The fraction of sp³-hybridized carbons (Fsp3) is 0.455. The highest BCUT2D eigenvalue weighted by atomic mass is 19.1. The number of ether oxygens (including phenoxy) is 1. The topological polar surface area (TPSA) is 125 Å². The van der Waals surface area contributed by atoms with Gasteiger partial charge in [-0.25, -0.2) is 14.1 Å². The van der Waals surface area contributed by atoms with Crippen LogP contribution >= 0.6 is 0 Å². The van der Waals surface area contributed by atoms with Gasteiger partial charge in [-0.1, -0.05) is 43.3 Å². The molecule has 4 N–H and O–H groups in total. The van der Waals surface area contributed by atoms with Gasteiger partial charge in [0.1, 0.15) is 5.83 Å². The maximum absolute atomic E-state index is 15.4. The van der Waals surface area contributed by atoms with Crippen LogP contribution in [-0.2, 0) is 24.2 Å². The molecule has 12 heteroatoms. The number of anilines is 1. The van der Waals surface area contributed by atoms with Crippen molar-refractivity contribution in [2.45, 2.75) is 78.6 Å². The van der Waals surface area contributed by atoms with E-state index in [4.69, 9.17) is 9.72 Å². The first-order valence-electron chi connectivity index (χ1n) is 20.1. The molecule has 11 nitrogen and oxygen atoms in total. The minimum Gasteiger partial charge on any atom is -0.381 e. The molecule has 56 heavy (non-hydrogen) atoms. The van der Waals surface area contributed by atoms with Crippen molar-refractivity contribution < 1.29 is 18.7 Å². The highest BCUT2D eigenvalue weighted by molar-refractivity contribution is 6.00. The average molecular weight is 763 g/mol. The van der Waals surface area contributed by atoms with Crippen LogP contribution < -0.4 is 21.3 Å². The van der Waals surface area contributed by atoms with Gasteiger partial charge >= 0.3 is 0 Å². The third-order valence-electron chi connectivity index (χ3n) is 11.3. The predicted octanol–water partition coefficient (Wildman–Crippen LogP) is 6.19. The van der Waals surface area contributed by atoms with Crippen LogP contribution in [0.4, 0.5) is 10.1 Å². The fourth-order valence-electron chi connectivity index (χ4n) is 8.39. The molecule has 2 fully saturated rings. The molecule has 0 bridgehead atoms. The molecule has 0 spiro atoms. The molecule has 2 aromatic heterocycles. The number of halogens is 1. The number of pyridine rings is 1. The predicted molar refractivity (Wildman–Crippen MR) is 219 cm³/mol. The molecule has 2 aliphatic heterocycles. The van der Waals surface area contributed by atoms with Gasteiger partial charge in [-0.2, -0.15) is 5.10 Å². The number of nitrogens with zero attached hydrogens (tertiary/aromatic N) is 4. The number of piperazine rings is 1. The molecule has 3 aliphatic rings. The molecular formula is C44H55FN8O3. The molecule has 2 saturated heterocycles. The standard InChI is InChI=1S/C44H55FN8O3/c1-5-39-36(40(50-34-13-18-56-19-14-34)37-25-49-53(6-2)41(37)51-39)24-47-42(54)32-20-29(3)21-33(22-32)43(55)48-27-44(28-52-17-16-46-30(4)26-52)15-12-38(45)35(23-44)31-10-8-7-9-11-31/h7-12,15,20-22,25,30,34,46H,5-6,13-14,16-19,23-24,26-28H2,1-4H3,(H,47,54)(H,48,55)(H,50,51)/t30-,44?/m0/s1. The Labute approximate surface area is 329 Å². The van der Waals surface area contributed by atoms with E-state index in [1.54, 1.807) is 24.3 Å². The molecule has 2 aromatic carbocycles. The zero-order valence-electron chi connectivity index (χ0n) is 33.1. The Morgan fingerprint density at radius 1 is 1.05 bits per heavy atom. The SMILES string of the molecule is CCc1nc2c(cnn2CC)c(NC2CCOCC2)c1CNC(=O)c1cc(C)cc(C(=O)NCC2(CN3CCN[C@@H](C)C3)C=CC(F)=C(c3ccccc3)C2)c1. The fourth-order valence-corrected chi connectivity index (χ4v) is 8.39. The van der Waals surface area contributed by atoms with Gasteiger partial charge in [0.15, 0.2) is 5.65 Å². The Kier molecular flexibility index (Phi) is 12.3. The van der Waals surface area contributed by atoms with Gasteiger partial charge in [-0.3, -0.25) is 14.5 Å². The molecular weight excluding hydrogens is 708 g/mol. The second-order valence-electron chi connectivity index (χ2n) is 15.6. The van der Waals surface area contributed by atoms with Gasteiger partial charge in [-0.15, -0.1) is 0 Å². The van der Waals surface area contributed by atoms with E-state index >= 15 is 4.39 Å². The van der Waals surface area contributed by atoms with Gasteiger partial charge in [-0.05, 0) is 87.4 Å². The summed E-state index contributed by atoms with van der Waals surface area (Å²) in [6.07, 6.45) is 8.28. The van der Waals surface area contributed by atoms with Crippen molar-refractivity contribution >= 4 is 34.1 Å². The summed E-state index contributed by atoms with van der Waals surface area (Å²) in [6, 6.07) is 15.5. The van der Waals surface area contributed by atoms with Crippen LogP contribution in [0.3, 0.4) is 0 Å². The van der Waals surface area contributed by atoms with E-state index in [1.807, 2.05) is 54.2 Å². The molecule has 2 atom stereocenters. The number of benzene rings is 2. The number of hydrogen-bond donors (Lipinski definition) is 4. The normalized spacial score (nSPS) is 20.7. The molecule has 4 aromatic rings. The maximum atomic E-state index is 15.4. The molecule has 1 unspecified atom stereocenters. The smallest absolute Gasteiger partial charge is 0.251 e. The van der Waals surface area contributed by atoms with Crippen LogP contribution in [0.1, 0.15) is 83.1 Å². The Balaban J connectivity index is 1.09. The molecule has 0 saturated carbocycles. The lowest BCUT2D eigenvalue weighted by Gasteiger charge is -2.41. The van der Waals surface area contributed by atoms with Crippen molar-refractivity contribution in [2.24, 2.45) is 5.41 Å². The van der Waals surface area contributed by atoms with Crippen molar-refractivity contribution in [1.29, 1.82) is 0 Å². The van der Waals surface area contributed by atoms with E-state index in [9.17, 15) is 9.59 Å². The molecule has 7 rings (SSSR count). The number of rotatable bonds is 13. The summed E-state index contributed by atoms with van der Waals surface area (Å²) >= 11 is 0. The zero-order chi connectivity index (χ0) is 39.2. The first-order valence-corrected chi connectivity index (χ1v) is 20.1. The van der Waals surface area contributed by atoms with E-state index in [0.29, 0.717) is 68.4 Å². The summed E-state index contributed by atoms with van der Waals surface area (Å²) in [5.74, 6) is -0.802. The molecule has 4 heterocycles.